The summed E-state index contributed by atoms with van der Waals surface area (Å²) >= 11 is 0. The number of piperazine rings is 1. The molecule has 0 amide bonds. The van der Waals surface area contributed by atoms with Crippen molar-refractivity contribution in [3.63, 3.8) is 0 Å². The Morgan fingerprint density at radius 3 is 2.43 bits per heavy atom. The average molecular weight is 288 g/mol. The molecule has 0 bridgehead atoms. The van der Waals surface area contributed by atoms with Crippen LogP contribution in [0.2, 0.25) is 0 Å². The predicted molar refractivity (Wildman–Crippen MR) is 83.0 cm³/mol. The lowest BCUT2D eigenvalue weighted by Gasteiger charge is -2.27. The van der Waals surface area contributed by atoms with Gasteiger partial charge in [-0.1, -0.05) is 0 Å². The Kier molecular flexibility index (Phi) is 3.83. The highest BCUT2D eigenvalue weighted by Crippen LogP contribution is 2.21. The van der Waals surface area contributed by atoms with Gasteiger partial charge in [-0.05, 0) is 37.1 Å². The van der Waals surface area contributed by atoms with Crippen LogP contribution in [0, 0.1) is 13.8 Å². The summed E-state index contributed by atoms with van der Waals surface area (Å²) in [6.45, 7) is 9.81. The molecule has 2 aromatic rings. The maximum absolute atomic E-state index is 11.8. The van der Waals surface area contributed by atoms with Crippen molar-refractivity contribution >= 4 is 11.0 Å². The minimum atomic E-state index is -0.236. The zero-order valence-electron chi connectivity index (χ0n) is 13.1. The van der Waals surface area contributed by atoms with Gasteiger partial charge in [0.2, 0.25) is 0 Å². The Hall–Kier alpha value is -1.65. The molecule has 0 aliphatic carbocycles. The minimum Gasteiger partial charge on any atom is -0.423 e. The number of benzene rings is 1. The van der Waals surface area contributed by atoms with E-state index < -0.39 is 0 Å². The second kappa shape index (κ2) is 5.62. The van der Waals surface area contributed by atoms with Gasteiger partial charge in [0.15, 0.2) is 0 Å². The van der Waals surface area contributed by atoms with E-state index in [2.05, 4.69) is 27.0 Å². The third-order valence-corrected chi connectivity index (χ3v) is 4.70. The van der Waals surface area contributed by atoms with E-state index >= 15 is 0 Å². The van der Waals surface area contributed by atoms with Crippen LogP contribution in [0.5, 0.6) is 0 Å². The molecule has 0 atom stereocenters. The van der Waals surface area contributed by atoms with Gasteiger partial charge in [-0.3, -0.25) is 0 Å². The van der Waals surface area contributed by atoms with Crippen LogP contribution in [0.1, 0.15) is 16.7 Å². The first kappa shape index (κ1) is 14.3. The van der Waals surface area contributed by atoms with Gasteiger partial charge in [-0.2, -0.15) is 0 Å². The van der Waals surface area contributed by atoms with E-state index in [-0.39, 0.29) is 5.63 Å². The van der Waals surface area contributed by atoms with Crippen molar-refractivity contribution < 1.29 is 14.2 Å². The van der Waals surface area contributed by atoms with Crippen molar-refractivity contribution in [2.75, 3.05) is 33.2 Å². The van der Waals surface area contributed by atoms with Gasteiger partial charge in [-0.25, -0.2) is 4.79 Å². The van der Waals surface area contributed by atoms with Crippen molar-refractivity contribution in [2.24, 2.45) is 0 Å². The number of fused-ring (bicyclic) bond motifs is 1. The van der Waals surface area contributed by atoms with Crippen LogP contribution in [-0.4, -0.2) is 33.2 Å². The lowest BCUT2D eigenvalue weighted by Crippen LogP contribution is -3.26. The zero-order chi connectivity index (χ0) is 15.0. The Bertz CT molecular complexity index is 713. The molecular weight excluding hydrogens is 264 g/mol. The standard InChI is InChI=1S/C17H22N2O2/c1-12-8-15-14(11-19-6-4-18(3)5-7-19)10-17(20)21-16(15)9-13(12)2/h8-10H,4-7,11H2,1-3H3/p+2. The van der Waals surface area contributed by atoms with Crippen molar-refractivity contribution in [3.05, 3.63) is 45.3 Å². The van der Waals surface area contributed by atoms with Crippen LogP contribution in [0.4, 0.5) is 0 Å². The fourth-order valence-electron chi connectivity index (χ4n) is 3.11. The number of hydrogen-bond acceptors (Lipinski definition) is 2. The molecule has 0 spiro atoms. The molecule has 0 saturated carbocycles. The number of hydrogen-bond donors (Lipinski definition) is 2. The summed E-state index contributed by atoms with van der Waals surface area (Å²) in [5.41, 5.74) is 4.02. The lowest BCUT2D eigenvalue weighted by atomic mass is 10.0. The topological polar surface area (TPSA) is 39.1 Å². The average Bonchev–Trinajstić information content (AvgIpc) is 2.43. The van der Waals surface area contributed by atoms with Gasteiger partial charge in [0.05, 0.1) is 7.05 Å². The van der Waals surface area contributed by atoms with Crippen LogP contribution in [0.3, 0.4) is 0 Å². The summed E-state index contributed by atoms with van der Waals surface area (Å²) < 4.78 is 5.38. The SMILES string of the molecule is Cc1cc2oc(=O)cc(C[NH+]3CC[NH+](C)CC3)c2cc1C. The Morgan fingerprint density at radius 1 is 1.05 bits per heavy atom. The van der Waals surface area contributed by atoms with E-state index in [0.717, 1.165) is 23.1 Å². The third-order valence-electron chi connectivity index (χ3n) is 4.70. The van der Waals surface area contributed by atoms with Gasteiger partial charge >= 0.3 is 5.63 Å². The van der Waals surface area contributed by atoms with Gasteiger partial charge in [-0.15, -0.1) is 0 Å². The van der Waals surface area contributed by atoms with Gasteiger partial charge in [0, 0.05) is 17.0 Å². The number of likely N-dealkylation sites (N-methyl/N-ethyl adjacent to an activating group) is 1. The highest BCUT2D eigenvalue weighted by Gasteiger charge is 2.21. The molecular formula is C17H24N2O2+2. The smallest absolute Gasteiger partial charge is 0.336 e. The summed E-state index contributed by atoms with van der Waals surface area (Å²) in [7, 11) is 2.25. The predicted octanol–water partition coefficient (Wildman–Crippen LogP) is -0.677. The van der Waals surface area contributed by atoms with Crippen LogP contribution in [-0.2, 0) is 6.54 Å². The fraction of sp³-hybridized carbons (Fsp3) is 0.471. The monoisotopic (exact) mass is 288 g/mol. The van der Waals surface area contributed by atoms with Gasteiger partial charge in [0.25, 0.3) is 0 Å². The largest absolute Gasteiger partial charge is 0.423 e. The molecule has 0 radical (unpaired) electrons. The first-order chi connectivity index (χ1) is 10.0. The first-order valence-electron chi connectivity index (χ1n) is 7.72. The third kappa shape index (κ3) is 3.01. The molecule has 2 N–H and O–H groups in total. The second-order valence-corrected chi connectivity index (χ2v) is 6.41. The number of rotatable bonds is 2. The lowest BCUT2D eigenvalue weighted by molar-refractivity contribution is -1.01. The summed E-state index contributed by atoms with van der Waals surface area (Å²) in [4.78, 5) is 15.0. The maximum atomic E-state index is 11.8. The van der Waals surface area contributed by atoms with E-state index in [1.165, 1.54) is 37.3 Å². The molecule has 112 valence electrons. The van der Waals surface area contributed by atoms with E-state index in [9.17, 15) is 4.79 Å². The fourth-order valence-corrected chi connectivity index (χ4v) is 3.11. The van der Waals surface area contributed by atoms with E-state index in [0.29, 0.717) is 0 Å². The van der Waals surface area contributed by atoms with E-state index in [1.807, 2.05) is 6.07 Å². The number of quaternary nitrogens is 2. The Morgan fingerprint density at radius 2 is 1.71 bits per heavy atom. The van der Waals surface area contributed by atoms with Gasteiger partial charge < -0.3 is 14.2 Å². The van der Waals surface area contributed by atoms with Crippen LogP contribution in [0.15, 0.2) is 27.4 Å². The molecule has 1 fully saturated rings. The molecule has 1 aromatic carbocycles. The summed E-state index contributed by atoms with van der Waals surface area (Å²) in [5, 5.41) is 1.09. The normalized spacial score (nSPS) is 22.6. The van der Waals surface area contributed by atoms with Crippen molar-refractivity contribution in [2.45, 2.75) is 20.4 Å². The highest BCUT2D eigenvalue weighted by atomic mass is 16.4. The van der Waals surface area contributed by atoms with Crippen molar-refractivity contribution in [1.82, 2.24) is 0 Å². The summed E-state index contributed by atoms with van der Waals surface area (Å²) in [6.07, 6.45) is 0. The molecule has 1 saturated heterocycles. The highest BCUT2D eigenvalue weighted by molar-refractivity contribution is 5.81. The van der Waals surface area contributed by atoms with Crippen LogP contribution >= 0.6 is 0 Å². The minimum absolute atomic E-state index is 0.236. The maximum Gasteiger partial charge on any atom is 0.336 e. The molecule has 3 rings (SSSR count). The summed E-state index contributed by atoms with van der Waals surface area (Å²) in [6, 6.07) is 5.82. The molecule has 2 heterocycles. The molecule has 4 nitrogen and oxygen atoms in total. The molecule has 4 heteroatoms. The van der Waals surface area contributed by atoms with Crippen LogP contribution < -0.4 is 15.4 Å². The zero-order valence-corrected chi connectivity index (χ0v) is 13.1. The molecule has 0 unspecified atom stereocenters. The van der Waals surface area contributed by atoms with Crippen molar-refractivity contribution in [3.8, 4) is 0 Å². The molecule has 1 aliphatic heterocycles. The second-order valence-electron chi connectivity index (χ2n) is 6.41. The van der Waals surface area contributed by atoms with Gasteiger partial charge in [0.1, 0.15) is 38.3 Å². The number of nitrogens with one attached hydrogen (secondary N) is 2. The Labute approximate surface area is 125 Å². The molecule has 1 aliphatic rings. The van der Waals surface area contributed by atoms with Crippen molar-refractivity contribution in [1.29, 1.82) is 0 Å². The quantitative estimate of drug-likeness (QED) is 0.719. The number of aryl methyl sites for hydroxylation is 2. The van der Waals surface area contributed by atoms with E-state index in [4.69, 9.17) is 4.42 Å². The summed E-state index contributed by atoms with van der Waals surface area (Å²) in [5.74, 6) is 0. The first-order valence-corrected chi connectivity index (χ1v) is 7.72. The van der Waals surface area contributed by atoms with E-state index in [1.54, 1.807) is 15.9 Å². The van der Waals surface area contributed by atoms with Crippen LogP contribution in [0.25, 0.3) is 11.0 Å². The molecule has 1 aromatic heterocycles. The molecule has 21 heavy (non-hydrogen) atoms. The Balaban J connectivity index is 1.97.